The zero-order valence-electron chi connectivity index (χ0n) is 6.18. The Balaban J connectivity index is 2.01. The van der Waals surface area contributed by atoms with Crippen molar-refractivity contribution >= 4 is 0 Å². The zero-order valence-corrected chi connectivity index (χ0v) is 6.18. The molecule has 1 rings (SSSR count). The molecule has 0 aromatic rings. The molecular weight excluding hydrogens is 130 g/mol. The highest BCUT2D eigenvalue weighted by Crippen LogP contribution is 2.38. The minimum absolute atomic E-state index is 0.00910. The standard InChI is InChI=1S/C7H15NO2/c8-6-7(2-3-7)10-5-1-4-9/h9H,1-6,8H2. The monoisotopic (exact) mass is 145 g/mol. The van der Waals surface area contributed by atoms with E-state index in [1.54, 1.807) is 0 Å². The fourth-order valence-corrected chi connectivity index (χ4v) is 0.900. The van der Waals surface area contributed by atoms with Gasteiger partial charge in [0.05, 0.1) is 5.60 Å². The fourth-order valence-electron chi connectivity index (χ4n) is 0.900. The number of nitrogens with two attached hydrogens (primary N) is 1. The summed E-state index contributed by atoms with van der Waals surface area (Å²) < 4.78 is 5.45. The SMILES string of the molecule is NCC1(OCCCO)CC1. The van der Waals surface area contributed by atoms with Crippen LogP contribution in [0.4, 0.5) is 0 Å². The molecule has 10 heavy (non-hydrogen) atoms. The Morgan fingerprint density at radius 1 is 1.50 bits per heavy atom. The predicted molar refractivity (Wildman–Crippen MR) is 38.7 cm³/mol. The molecule has 1 aliphatic carbocycles. The van der Waals surface area contributed by atoms with E-state index in [9.17, 15) is 0 Å². The first-order valence-corrected chi connectivity index (χ1v) is 3.78. The third-order valence-electron chi connectivity index (χ3n) is 1.89. The lowest BCUT2D eigenvalue weighted by Crippen LogP contribution is -2.26. The third kappa shape index (κ3) is 1.94. The largest absolute Gasteiger partial charge is 0.396 e. The molecule has 0 aromatic carbocycles. The van der Waals surface area contributed by atoms with Crippen LogP contribution in [0.15, 0.2) is 0 Å². The molecule has 1 fully saturated rings. The summed E-state index contributed by atoms with van der Waals surface area (Å²) in [6.07, 6.45) is 2.91. The quantitative estimate of drug-likeness (QED) is 0.530. The highest BCUT2D eigenvalue weighted by atomic mass is 16.5. The lowest BCUT2D eigenvalue weighted by Gasteiger charge is -2.12. The van der Waals surface area contributed by atoms with E-state index in [1.165, 1.54) is 0 Å². The van der Waals surface area contributed by atoms with E-state index in [2.05, 4.69) is 0 Å². The first-order chi connectivity index (χ1) is 4.83. The fraction of sp³-hybridized carbons (Fsp3) is 1.00. The molecular formula is C7H15NO2. The maximum Gasteiger partial charge on any atom is 0.0806 e. The first kappa shape index (κ1) is 7.98. The van der Waals surface area contributed by atoms with Crippen molar-refractivity contribution in [3.05, 3.63) is 0 Å². The number of rotatable bonds is 5. The van der Waals surface area contributed by atoms with E-state index in [-0.39, 0.29) is 12.2 Å². The molecule has 3 N–H and O–H groups in total. The lowest BCUT2D eigenvalue weighted by molar-refractivity contribution is 0.0309. The van der Waals surface area contributed by atoms with Crippen molar-refractivity contribution in [3.8, 4) is 0 Å². The predicted octanol–water partition coefficient (Wildman–Crippen LogP) is -0.123. The van der Waals surface area contributed by atoms with Crippen LogP contribution in [-0.2, 0) is 4.74 Å². The van der Waals surface area contributed by atoms with Gasteiger partial charge in [0.2, 0.25) is 0 Å². The number of hydrogen-bond donors (Lipinski definition) is 2. The minimum Gasteiger partial charge on any atom is -0.396 e. The summed E-state index contributed by atoms with van der Waals surface area (Å²) in [5.41, 5.74) is 5.47. The Morgan fingerprint density at radius 2 is 2.20 bits per heavy atom. The summed E-state index contributed by atoms with van der Waals surface area (Å²) in [5, 5.41) is 8.44. The van der Waals surface area contributed by atoms with Gasteiger partial charge < -0.3 is 15.6 Å². The Labute approximate surface area is 61.2 Å². The molecule has 0 spiro atoms. The average Bonchev–Trinajstić information content (AvgIpc) is 2.70. The highest BCUT2D eigenvalue weighted by Gasteiger charge is 2.42. The second-order valence-electron chi connectivity index (χ2n) is 2.81. The maximum absolute atomic E-state index is 8.44. The van der Waals surface area contributed by atoms with Crippen LogP contribution in [0.5, 0.6) is 0 Å². The van der Waals surface area contributed by atoms with E-state index < -0.39 is 0 Å². The second kappa shape index (κ2) is 3.32. The molecule has 60 valence electrons. The topological polar surface area (TPSA) is 55.5 Å². The first-order valence-electron chi connectivity index (χ1n) is 3.78. The van der Waals surface area contributed by atoms with E-state index in [0.717, 1.165) is 19.3 Å². The van der Waals surface area contributed by atoms with Crippen molar-refractivity contribution in [1.29, 1.82) is 0 Å². The van der Waals surface area contributed by atoms with Gasteiger partial charge in [-0.3, -0.25) is 0 Å². The Morgan fingerprint density at radius 3 is 2.60 bits per heavy atom. The summed E-state index contributed by atoms with van der Waals surface area (Å²) in [5.74, 6) is 0. The van der Waals surface area contributed by atoms with Crippen LogP contribution >= 0.6 is 0 Å². The van der Waals surface area contributed by atoms with E-state index >= 15 is 0 Å². The van der Waals surface area contributed by atoms with Gasteiger partial charge in [-0.25, -0.2) is 0 Å². The molecule has 0 saturated heterocycles. The molecule has 0 aliphatic heterocycles. The van der Waals surface area contributed by atoms with Gasteiger partial charge in [0.15, 0.2) is 0 Å². The summed E-state index contributed by atoms with van der Waals surface area (Å²) in [4.78, 5) is 0. The molecule has 0 atom stereocenters. The van der Waals surface area contributed by atoms with Crippen molar-refractivity contribution in [1.82, 2.24) is 0 Å². The van der Waals surface area contributed by atoms with Crippen LogP contribution in [-0.4, -0.2) is 30.5 Å². The highest BCUT2D eigenvalue weighted by molar-refractivity contribution is 4.96. The summed E-state index contributed by atoms with van der Waals surface area (Å²) in [7, 11) is 0. The molecule has 1 aliphatic rings. The van der Waals surface area contributed by atoms with Gasteiger partial charge in [0, 0.05) is 19.8 Å². The molecule has 3 heteroatoms. The summed E-state index contributed by atoms with van der Waals surface area (Å²) in [6.45, 7) is 1.48. The van der Waals surface area contributed by atoms with Crippen LogP contribution in [0.2, 0.25) is 0 Å². The minimum atomic E-state index is 0.00910. The van der Waals surface area contributed by atoms with Crippen molar-refractivity contribution in [2.24, 2.45) is 5.73 Å². The molecule has 0 heterocycles. The molecule has 0 unspecified atom stereocenters. The van der Waals surface area contributed by atoms with Crippen LogP contribution in [0, 0.1) is 0 Å². The average molecular weight is 145 g/mol. The van der Waals surface area contributed by atoms with Gasteiger partial charge in [-0.1, -0.05) is 0 Å². The smallest absolute Gasteiger partial charge is 0.0806 e. The number of ether oxygens (including phenoxy) is 1. The van der Waals surface area contributed by atoms with E-state index in [4.69, 9.17) is 15.6 Å². The van der Waals surface area contributed by atoms with Crippen LogP contribution in [0.1, 0.15) is 19.3 Å². The molecule has 0 radical (unpaired) electrons. The van der Waals surface area contributed by atoms with Gasteiger partial charge >= 0.3 is 0 Å². The van der Waals surface area contributed by atoms with Crippen LogP contribution in [0.3, 0.4) is 0 Å². The van der Waals surface area contributed by atoms with Gasteiger partial charge in [-0.15, -0.1) is 0 Å². The van der Waals surface area contributed by atoms with Crippen LogP contribution < -0.4 is 5.73 Å². The second-order valence-corrected chi connectivity index (χ2v) is 2.81. The normalized spacial score (nSPS) is 21.0. The van der Waals surface area contributed by atoms with Crippen molar-refractivity contribution < 1.29 is 9.84 Å². The molecule has 3 nitrogen and oxygen atoms in total. The van der Waals surface area contributed by atoms with Crippen molar-refractivity contribution in [2.75, 3.05) is 19.8 Å². The van der Waals surface area contributed by atoms with Gasteiger partial charge in [0.1, 0.15) is 0 Å². The summed E-state index contributed by atoms with van der Waals surface area (Å²) in [6, 6.07) is 0. The Hall–Kier alpha value is -0.120. The zero-order chi connectivity index (χ0) is 7.45. The van der Waals surface area contributed by atoms with Gasteiger partial charge in [-0.2, -0.15) is 0 Å². The molecule has 1 saturated carbocycles. The van der Waals surface area contributed by atoms with Crippen molar-refractivity contribution in [3.63, 3.8) is 0 Å². The third-order valence-corrected chi connectivity index (χ3v) is 1.89. The van der Waals surface area contributed by atoms with Gasteiger partial charge in [-0.05, 0) is 19.3 Å². The Bertz CT molecular complexity index is 102. The number of hydrogen-bond acceptors (Lipinski definition) is 3. The van der Waals surface area contributed by atoms with Crippen LogP contribution in [0.25, 0.3) is 0 Å². The molecule has 0 amide bonds. The van der Waals surface area contributed by atoms with Crippen molar-refractivity contribution in [2.45, 2.75) is 24.9 Å². The van der Waals surface area contributed by atoms with E-state index in [0.29, 0.717) is 13.2 Å². The molecule has 0 bridgehead atoms. The maximum atomic E-state index is 8.44. The Kier molecular flexibility index (Phi) is 2.65. The number of aliphatic hydroxyl groups excluding tert-OH is 1. The van der Waals surface area contributed by atoms with E-state index in [1.807, 2.05) is 0 Å². The summed E-state index contributed by atoms with van der Waals surface area (Å²) >= 11 is 0. The molecule has 0 aromatic heterocycles. The lowest BCUT2D eigenvalue weighted by atomic mass is 10.3. The number of aliphatic hydroxyl groups is 1. The van der Waals surface area contributed by atoms with Gasteiger partial charge in [0.25, 0.3) is 0 Å².